The molecule has 0 amide bonds. The van der Waals surface area contributed by atoms with Crippen LogP contribution in [0.2, 0.25) is 0 Å². The van der Waals surface area contributed by atoms with E-state index in [1.807, 2.05) is 18.3 Å². The molecule has 2 atom stereocenters. The molecule has 1 N–H and O–H groups in total. The van der Waals surface area contributed by atoms with Crippen molar-refractivity contribution in [2.45, 2.75) is 12.1 Å². The zero-order chi connectivity index (χ0) is 26.1. The van der Waals surface area contributed by atoms with Gasteiger partial charge in [-0.1, -0.05) is 6.07 Å². The van der Waals surface area contributed by atoms with Crippen LogP contribution in [0.5, 0.6) is 0 Å². The highest BCUT2D eigenvalue weighted by atomic mass is 32.1. The smallest absolute Gasteiger partial charge is 0.174 e. The molecule has 8 heteroatoms. The van der Waals surface area contributed by atoms with Crippen LogP contribution in [-0.2, 0) is 4.74 Å². The number of ether oxygens (including phenoxy) is 1. The molecule has 2 fully saturated rings. The SMILES string of the molecule is CN(C)c1ccc(-n2cccc2[C@H]2[C@@H](c3ccccn3)NC(=S)N2c2ccc(N3CCOCC3)cc2)cc1. The van der Waals surface area contributed by atoms with E-state index in [2.05, 4.69) is 112 Å². The van der Waals surface area contributed by atoms with E-state index in [1.165, 1.54) is 11.4 Å². The Labute approximate surface area is 229 Å². The maximum atomic E-state index is 5.96. The summed E-state index contributed by atoms with van der Waals surface area (Å²) in [5.41, 5.74) is 6.64. The third kappa shape index (κ3) is 4.61. The van der Waals surface area contributed by atoms with Gasteiger partial charge in [-0.25, -0.2) is 0 Å². The van der Waals surface area contributed by atoms with Crippen LogP contribution in [0.4, 0.5) is 17.1 Å². The number of hydrogen-bond donors (Lipinski definition) is 1. The van der Waals surface area contributed by atoms with Crippen LogP contribution in [0.25, 0.3) is 5.69 Å². The third-order valence-electron chi connectivity index (χ3n) is 7.33. The number of thiocarbonyl (C=S) groups is 1. The van der Waals surface area contributed by atoms with E-state index < -0.39 is 0 Å². The number of nitrogens with zero attached hydrogens (tertiary/aromatic N) is 5. The first-order valence-corrected chi connectivity index (χ1v) is 13.4. The molecule has 0 aliphatic carbocycles. The second kappa shape index (κ2) is 10.5. The fourth-order valence-corrected chi connectivity index (χ4v) is 5.71. The van der Waals surface area contributed by atoms with Gasteiger partial charge in [-0.2, -0.15) is 0 Å². The molecule has 0 saturated carbocycles. The Hall–Kier alpha value is -3.88. The first kappa shape index (κ1) is 24.5. The summed E-state index contributed by atoms with van der Waals surface area (Å²) < 4.78 is 7.78. The number of rotatable bonds is 6. The van der Waals surface area contributed by atoms with Crippen molar-refractivity contribution in [3.05, 3.63) is 103 Å². The minimum atomic E-state index is -0.0997. The second-order valence-electron chi connectivity index (χ2n) is 9.83. The zero-order valence-electron chi connectivity index (χ0n) is 21.7. The summed E-state index contributed by atoms with van der Waals surface area (Å²) in [7, 11) is 4.11. The molecule has 0 unspecified atom stereocenters. The molecule has 0 bridgehead atoms. The molecule has 38 heavy (non-hydrogen) atoms. The van der Waals surface area contributed by atoms with Gasteiger partial charge < -0.3 is 29.3 Å². The lowest BCUT2D eigenvalue weighted by atomic mass is 10.0. The molecule has 194 valence electrons. The summed E-state index contributed by atoms with van der Waals surface area (Å²) in [6, 6.07) is 27.5. The number of morpholine rings is 1. The number of pyridine rings is 1. The predicted octanol–water partition coefficient (Wildman–Crippen LogP) is 4.95. The van der Waals surface area contributed by atoms with Crippen molar-refractivity contribution in [1.29, 1.82) is 0 Å². The molecule has 2 aliphatic rings. The molecule has 6 rings (SSSR count). The van der Waals surface area contributed by atoms with Crippen molar-refractivity contribution in [2.24, 2.45) is 0 Å². The summed E-state index contributed by atoms with van der Waals surface area (Å²) in [5.74, 6) is 0. The van der Waals surface area contributed by atoms with Gasteiger partial charge in [0.1, 0.15) is 6.04 Å². The van der Waals surface area contributed by atoms with E-state index in [-0.39, 0.29) is 12.1 Å². The van der Waals surface area contributed by atoms with Crippen LogP contribution in [0.1, 0.15) is 23.5 Å². The molecule has 0 radical (unpaired) electrons. The Morgan fingerprint density at radius 1 is 0.868 bits per heavy atom. The fraction of sp³-hybridized carbons (Fsp3) is 0.267. The van der Waals surface area contributed by atoms with E-state index in [9.17, 15) is 0 Å². The van der Waals surface area contributed by atoms with Crippen LogP contribution in [0, 0.1) is 0 Å². The minimum Gasteiger partial charge on any atom is -0.378 e. The van der Waals surface area contributed by atoms with E-state index in [4.69, 9.17) is 21.9 Å². The lowest BCUT2D eigenvalue weighted by Gasteiger charge is -2.31. The van der Waals surface area contributed by atoms with E-state index in [0.29, 0.717) is 5.11 Å². The van der Waals surface area contributed by atoms with Gasteiger partial charge in [-0.05, 0) is 85.0 Å². The average molecular weight is 525 g/mol. The summed E-state index contributed by atoms with van der Waals surface area (Å²) in [4.78, 5) is 11.4. The molecular weight excluding hydrogens is 492 g/mol. The summed E-state index contributed by atoms with van der Waals surface area (Å²) in [6.45, 7) is 3.35. The molecule has 7 nitrogen and oxygen atoms in total. The van der Waals surface area contributed by atoms with Gasteiger partial charge in [-0.15, -0.1) is 0 Å². The zero-order valence-corrected chi connectivity index (χ0v) is 22.5. The maximum Gasteiger partial charge on any atom is 0.174 e. The highest BCUT2D eigenvalue weighted by molar-refractivity contribution is 7.80. The van der Waals surface area contributed by atoms with Crippen molar-refractivity contribution < 1.29 is 4.74 Å². The Morgan fingerprint density at radius 3 is 2.26 bits per heavy atom. The standard InChI is InChI=1S/C30H32N6OS/c1-33(2)22-8-12-24(13-9-22)35-17-5-7-27(35)29-28(26-6-3-4-16-31-26)32-30(38)36(29)25-14-10-23(11-15-25)34-18-20-37-21-19-34/h3-17,28-29H,18-21H2,1-2H3,(H,32,38)/t28-,29+/m1/s1. The molecular formula is C30H32N6OS. The number of nitrogens with one attached hydrogen (secondary N) is 1. The molecule has 2 aromatic carbocycles. The van der Waals surface area contributed by atoms with Crippen molar-refractivity contribution in [1.82, 2.24) is 14.9 Å². The lowest BCUT2D eigenvalue weighted by molar-refractivity contribution is 0.122. The number of aromatic nitrogens is 2. The fourth-order valence-electron chi connectivity index (χ4n) is 5.36. The molecule has 2 aromatic heterocycles. The largest absolute Gasteiger partial charge is 0.378 e. The van der Waals surface area contributed by atoms with Crippen molar-refractivity contribution in [2.75, 3.05) is 55.1 Å². The van der Waals surface area contributed by atoms with Crippen LogP contribution in [0.3, 0.4) is 0 Å². The minimum absolute atomic E-state index is 0.0878. The van der Waals surface area contributed by atoms with Crippen LogP contribution in [-0.4, -0.2) is 55.1 Å². The molecule has 2 saturated heterocycles. The average Bonchev–Trinajstić information content (AvgIpc) is 3.58. The van der Waals surface area contributed by atoms with E-state index in [0.717, 1.165) is 49.1 Å². The molecule has 4 aromatic rings. The maximum absolute atomic E-state index is 5.96. The van der Waals surface area contributed by atoms with Crippen molar-refractivity contribution in [3.63, 3.8) is 0 Å². The monoisotopic (exact) mass is 524 g/mol. The predicted molar refractivity (Wildman–Crippen MR) is 158 cm³/mol. The Morgan fingerprint density at radius 2 is 1.58 bits per heavy atom. The highest BCUT2D eigenvalue weighted by Gasteiger charge is 2.42. The number of hydrogen-bond acceptors (Lipinski definition) is 5. The third-order valence-corrected chi connectivity index (χ3v) is 7.64. The Kier molecular flexibility index (Phi) is 6.74. The number of benzene rings is 2. The first-order chi connectivity index (χ1) is 18.6. The quantitative estimate of drug-likeness (QED) is 0.358. The van der Waals surface area contributed by atoms with Gasteiger partial charge in [0.05, 0.1) is 24.9 Å². The summed E-state index contributed by atoms with van der Waals surface area (Å²) in [6.07, 6.45) is 3.96. The van der Waals surface area contributed by atoms with Gasteiger partial charge in [0.25, 0.3) is 0 Å². The van der Waals surface area contributed by atoms with Crippen molar-refractivity contribution in [3.8, 4) is 5.69 Å². The Bertz CT molecular complexity index is 1380. The summed E-state index contributed by atoms with van der Waals surface area (Å²) in [5, 5.41) is 4.28. The van der Waals surface area contributed by atoms with Crippen LogP contribution < -0.4 is 20.0 Å². The molecule has 4 heterocycles. The first-order valence-electron chi connectivity index (χ1n) is 13.0. The second-order valence-corrected chi connectivity index (χ2v) is 10.2. The van der Waals surface area contributed by atoms with Gasteiger partial charge in [0.15, 0.2) is 5.11 Å². The lowest BCUT2D eigenvalue weighted by Crippen LogP contribution is -2.36. The van der Waals surface area contributed by atoms with E-state index in [1.54, 1.807) is 0 Å². The summed E-state index contributed by atoms with van der Waals surface area (Å²) >= 11 is 5.96. The van der Waals surface area contributed by atoms with Gasteiger partial charge in [0.2, 0.25) is 0 Å². The van der Waals surface area contributed by atoms with Gasteiger partial charge in [-0.3, -0.25) is 4.98 Å². The number of anilines is 3. The van der Waals surface area contributed by atoms with Crippen molar-refractivity contribution >= 4 is 34.4 Å². The topological polar surface area (TPSA) is 48.8 Å². The van der Waals surface area contributed by atoms with Crippen LogP contribution >= 0.6 is 12.2 Å². The molecule has 0 spiro atoms. The molecule has 2 aliphatic heterocycles. The van der Waals surface area contributed by atoms with Crippen LogP contribution in [0.15, 0.2) is 91.3 Å². The normalized spacial score (nSPS) is 19.5. The Balaban J connectivity index is 1.40. The van der Waals surface area contributed by atoms with E-state index >= 15 is 0 Å². The van der Waals surface area contributed by atoms with Gasteiger partial charge in [0, 0.05) is 68.0 Å². The highest BCUT2D eigenvalue weighted by Crippen LogP contribution is 2.42. The van der Waals surface area contributed by atoms with Gasteiger partial charge >= 0.3 is 0 Å².